The molecule has 6 heteroatoms. The van der Waals surface area contributed by atoms with Crippen LogP contribution in [0.1, 0.15) is 0 Å². The summed E-state index contributed by atoms with van der Waals surface area (Å²) in [5, 5.41) is 0. The summed E-state index contributed by atoms with van der Waals surface area (Å²) >= 11 is 0. The van der Waals surface area contributed by atoms with Gasteiger partial charge in [-0.05, 0) is 0 Å². The molecular weight excluding hydrogens is 590 g/mol. The van der Waals surface area contributed by atoms with Gasteiger partial charge in [0.15, 0.2) is 17.4 Å². The van der Waals surface area contributed by atoms with Gasteiger partial charge in [-0.15, -0.1) is 0 Å². The Balaban J connectivity index is 0. The van der Waals surface area contributed by atoms with Crippen LogP contribution >= 0.6 is 0 Å². The molecule has 0 fully saturated rings. The first kappa shape index (κ1) is 50.5. The Morgan fingerprint density at radius 2 is 1.00 bits per heavy atom. The summed E-state index contributed by atoms with van der Waals surface area (Å²) in [5.74, 6) is 0. The van der Waals surface area contributed by atoms with Crippen LogP contribution in [0.15, 0.2) is 0 Å². The molecule has 0 aromatic heterocycles. The molecule has 0 spiro atoms. The van der Waals surface area contributed by atoms with Gasteiger partial charge in [0, 0.05) is 57.0 Å². The van der Waals surface area contributed by atoms with Crippen molar-refractivity contribution in [3.8, 4) is 0 Å². The van der Waals surface area contributed by atoms with Crippen molar-refractivity contribution in [3.63, 3.8) is 0 Å². The van der Waals surface area contributed by atoms with E-state index in [1.165, 1.54) is 0 Å². The van der Waals surface area contributed by atoms with Crippen LogP contribution < -0.4 is 0 Å². The van der Waals surface area contributed by atoms with Gasteiger partial charge in [0.25, 0.3) is 0 Å². The Bertz CT molecular complexity index is 15.5. The normalized spacial score (nSPS) is 0. The first-order chi connectivity index (χ1) is 0. The zero-order valence-corrected chi connectivity index (χ0v) is 13.0. The van der Waals surface area contributed by atoms with E-state index < -0.39 is 0 Å². The molecule has 6 heavy (non-hydrogen) atoms. The molecule has 0 bridgehead atoms. The Morgan fingerprint density at radius 3 is 1.00 bits per heavy atom. The van der Waals surface area contributed by atoms with E-state index in [1.807, 2.05) is 0 Å². The average molecular weight is 600 g/mol. The molecule has 45 valence electrons. The van der Waals surface area contributed by atoms with Crippen LogP contribution in [0.2, 0.25) is 0 Å². The van der Waals surface area contributed by atoms with Crippen molar-refractivity contribution < 1.29 is 57.0 Å². The van der Waals surface area contributed by atoms with E-state index in [4.69, 9.17) is 0 Å². The molecule has 0 unspecified atom stereocenters. The maximum atomic E-state index is 0. The molecule has 0 nitrogen and oxygen atoms in total. The predicted molar refractivity (Wildman–Crippen MR) is 31.2 cm³/mol. The van der Waals surface area contributed by atoms with E-state index >= 15 is 0 Å². The molecule has 0 aromatic carbocycles. The summed E-state index contributed by atoms with van der Waals surface area (Å²) in [4.78, 5) is 0. The molecule has 0 N–H and O–H groups in total. The van der Waals surface area contributed by atoms with Crippen LogP contribution in [0, 0.1) is 0 Å². The molecular formula is H10AlBiCuPdSnZn. The van der Waals surface area contributed by atoms with Gasteiger partial charge in [-0.25, -0.2) is 0 Å². The van der Waals surface area contributed by atoms with Crippen molar-refractivity contribution in [2.75, 3.05) is 0 Å². The van der Waals surface area contributed by atoms with Crippen LogP contribution in [-0.2, 0) is 57.0 Å². The maximum Gasteiger partial charge on any atom is 0 e. The molecule has 0 aliphatic heterocycles. The van der Waals surface area contributed by atoms with E-state index in [2.05, 4.69) is 0 Å². The van der Waals surface area contributed by atoms with Gasteiger partial charge in [-0.2, -0.15) is 0 Å². The van der Waals surface area contributed by atoms with Gasteiger partial charge in [0.05, 0.1) is 0 Å². The molecule has 0 amide bonds. The van der Waals surface area contributed by atoms with E-state index in [-0.39, 0.29) is 124 Å². The van der Waals surface area contributed by atoms with E-state index in [0.29, 0.717) is 0 Å². The van der Waals surface area contributed by atoms with Crippen LogP contribution in [-0.4, -0.2) is 67.5 Å². The fraction of sp³-hybridized carbons (Fsp3) is 0. The van der Waals surface area contributed by atoms with Crippen LogP contribution in [0.4, 0.5) is 0 Å². The predicted octanol–water partition coefficient (Wildman–Crippen LogP) is -3.83. The maximum absolute atomic E-state index is 0. The van der Waals surface area contributed by atoms with Crippen molar-refractivity contribution in [1.82, 2.24) is 0 Å². The quantitative estimate of drug-likeness (QED) is 0.251. The largest absolute Gasteiger partial charge is 0 e. The number of hydrogen-bond acceptors (Lipinski definition) is 0. The van der Waals surface area contributed by atoms with Gasteiger partial charge in [-0.3, -0.25) is 0 Å². The molecule has 0 saturated heterocycles. The Kier molecular flexibility index (Phi) is 302. The number of rotatable bonds is 0. The first-order valence-corrected chi connectivity index (χ1v) is 0. The second kappa shape index (κ2) is 35.9. The SMILES string of the molecule is [AlH3].[BiH3].[Cu].[Pd].[SnH4].[Zn]. The van der Waals surface area contributed by atoms with Crippen molar-refractivity contribution in [3.05, 3.63) is 0 Å². The fourth-order valence-electron chi connectivity index (χ4n) is 0. The van der Waals surface area contributed by atoms with Crippen LogP contribution in [0.25, 0.3) is 0 Å². The topological polar surface area (TPSA) is 0 Å². The molecule has 0 atom stereocenters. The van der Waals surface area contributed by atoms with Crippen molar-refractivity contribution in [2.24, 2.45) is 0 Å². The van der Waals surface area contributed by atoms with Gasteiger partial charge < -0.3 is 0 Å². The smallest absolute Gasteiger partial charge is 0 e. The fourth-order valence-corrected chi connectivity index (χ4v) is 0. The standard InChI is InChI=1S/Al.Bi.Cu.Pd.Sn.Zn.10H. The monoisotopic (exact) mass is 599 g/mol. The summed E-state index contributed by atoms with van der Waals surface area (Å²) < 4.78 is 0. The third-order valence-corrected chi connectivity index (χ3v) is 0. The summed E-state index contributed by atoms with van der Waals surface area (Å²) in [6.07, 6.45) is 0. The zero-order valence-electron chi connectivity index (χ0n) is 2.03. The van der Waals surface area contributed by atoms with Crippen molar-refractivity contribution in [2.45, 2.75) is 0 Å². The third kappa shape index (κ3) is 24.5. The van der Waals surface area contributed by atoms with Gasteiger partial charge >= 0.3 is 50.1 Å². The molecule has 0 heterocycles. The van der Waals surface area contributed by atoms with Gasteiger partial charge in [-0.1, -0.05) is 0 Å². The Morgan fingerprint density at radius 1 is 1.00 bits per heavy atom. The second-order valence-corrected chi connectivity index (χ2v) is 0. The second-order valence-electron chi connectivity index (χ2n) is 0. The van der Waals surface area contributed by atoms with Crippen LogP contribution in [0.5, 0.6) is 0 Å². The minimum Gasteiger partial charge on any atom is 0 e. The Hall–Kier alpha value is 4.02. The molecule has 0 saturated carbocycles. The molecule has 0 rings (SSSR count). The van der Waals surface area contributed by atoms with E-state index in [9.17, 15) is 0 Å². The molecule has 1 radical (unpaired) electrons. The van der Waals surface area contributed by atoms with E-state index in [0.717, 1.165) is 0 Å². The summed E-state index contributed by atoms with van der Waals surface area (Å²) in [5.41, 5.74) is 0. The first-order valence-electron chi connectivity index (χ1n) is 0. The summed E-state index contributed by atoms with van der Waals surface area (Å²) in [6.45, 7) is 0. The van der Waals surface area contributed by atoms with Gasteiger partial charge in [0.1, 0.15) is 0 Å². The van der Waals surface area contributed by atoms with Crippen molar-refractivity contribution in [1.29, 1.82) is 0 Å². The minimum atomic E-state index is 0. The molecule has 0 aliphatic rings. The number of hydrogen-bond donors (Lipinski definition) is 0. The third-order valence-electron chi connectivity index (χ3n) is 0. The van der Waals surface area contributed by atoms with Gasteiger partial charge in [0.2, 0.25) is 0 Å². The summed E-state index contributed by atoms with van der Waals surface area (Å²) in [7, 11) is 0. The zero-order chi connectivity index (χ0) is 0. The van der Waals surface area contributed by atoms with Crippen molar-refractivity contribution >= 4 is 67.5 Å². The van der Waals surface area contributed by atoms with E-state index in [1.54, 1.807) is 0 Å². The average Bonchev–Trinajstić information content (AvgIpc) is 0. The molecule has 0 aromatic rings. The minimum absolute atomic E-state index is 0. The van der Waals surface area contributed by atoms with Crippen LogP contribution in [0.3, 0.4) is 0 Å². The molecule has 0 aliphatic carbocycles. The Labute approximate surface area is 122 Å². The summed E-state index contributed by atoms with van der Waals surface area (Å²) in [6, 6.07) is 0.